The molecule has 0 saturated heterocycles. The van der Waals surface area contributed by atoms with E-state index < -0.39 is 5.97 Å². The maximum Gasteiger partial charge on any atom is 0.325 e. The lowest BCUT2D eigenvalue weighted by Crippen LogP contribution is -2.37. The van der Waals surface area contributed by atoms with Crippen molar-refractivity contribution in [1.29, 1.82) is 0 Å². The first-order chi connectivity index (χ1) is 10.2. The Labute approximate surface area is 125 Å². The van der Waals surface area contributed by atoms with E-state index in [1.165, 1.54) is 18.2 Å². The number of hydrogen-bond acceptors (Lipinski definition) is 4. The Kier molecular flexibility index (Phi) is 5.33. The molecule has 0 bridgehead atoms. The molecule has 0 radical (unpaired) electrons. The van der Waals surface area contributed by atoms with Crippen molar-refractivity contribution >= 4 is 11.9 Å². The number of carbonyl (C=O) groups is 2. The first kappa shape index (κ1) is 15.5. The standard InChI is InChI=1S/C16H22N2O3/c1-3-8-18(11-15(19)21-2)16(20)13-5-4-12-6-7-17-10-14(12)9-13/h4-5,9,17H,3,6-8,10-11H2,1-2H3. The lowest BCUT2D eigenvalue weighted by molar-refractivity contribution is -0.141. The van der Waals surface area contributed by atoms with Crippen molar-refractivity contribution in [2.24, 2.45) is 0 Å². The molecule has 1 N–H and O–H groups in total. The van der Waals surface area contributed by atoms with E-state index in [9.17, 15) is 9.59 Å². The highest BCUT2D eigenvalue weighted by atomic mass is 16.5. The number of ether oxygens (including phenoxy) is 1. The molecule has 114 valence electrons. The molecule has 21 heavy (non-hydrogen) atoms. The highest BCUT2D eigenvalue weighted by Crippen LogP contribution is 2.17. The van der Waals surface area contributed by atoms with Crippen LogP contribution in [0.15, 0.2) is 18.2 Å². The average Bonchev–Trinajstić information content (AvgIpc) is 2.53. The van der Waals surface area contributed by atoms with Crippen LogP contribution in [0.3, 0.4) is 0 Å². The topological polar surface area (TPSA) is 58.6 Å². The van der Waals surface area contributed by atoms with E-state index in [0.29, 0.717) is 12.1 Å². The van der Waals surface area contributed by atoms with Gasteiger partial charge >= 0.3 is 5.97 Å². The lowest BCUT2D eigenvalue weighted by Gasteiger charge is -2.22. The predicted molar refractivity (Wildman–Crippen MR) is 80.1 cm³/mol. The number of carbonyl (C=O) groups excluding carboxylic acids is 2. The second-order valence-electron chi connectivity index (χ2n) is 5.21. The quantitative estimate of drug-likeness (QED) is 0.832. The van der Waals surface area contributed by atoms with E-state index >= 15 is 0 Å². The highest BCUT2D eigenvalue weighted by Gasteiger charge is 2.20. The zero-order chi connectivity index (χ0) is 15.2. The maximum atomic E-state index is 12.6. The summed E-state index contributed by atoms with van der Waals surface area (Å²) < 4.78 is 4.66. The van der Waals surface area contributed by atoms with Gasteiger partial charge in [-0.05, 0) is 42.6 Å². The van der Waals surface area contributed by atoms with Crippen molar-refractivity contribution in [2.75, 3.05) is 26.7 Å². The van der Waals surface area contributed by atoms with Crippen LogP contribution in [0.5, 0.6) is 0 Å². The van der Waals surface area contributed by atoms with Crippen molar-refractivity contribution in [3.8, 4) is 0 Å². The summed E-state index contributed by atoms with van der Waals surface area (Å²) in [5.41, 5.74) is 3.09. The SMILES string of the molecule is CCCN(CC(=O)OC)C(=O)c1ccc2c(c1)CNCC2. The van der Waals surface area contributed by atoms with E-state index in [2.05, 4.69) is 10.1 Å². The summed E-state index contributed by atoms with van der Waals surface area (Å²) in [6.07, 6.45) is 1.79. The van der Waals surface area contributed by atoms with E-state index in [0.717, 1.165) is 25.9 Å². The molecule has 1 aliphatic heterocycles. The zero-order valence-corrected chi connectivity index (χ0v) is 12.6. The Hall–Kier alpha value is -1.88. The van der Waals surface area contributed by atoms with Gasteiger partial charge < -0.3 is 15.0 Å². The molecule has 0 unspecified atom stereocenters. The fourth-order valence-electron chi connectivity index (χ4n) is 2.54. The van der Waals surface area contributed by atoms with Crippen LogP contribution >= 0.6 is 0 Å². The fourth-order valence-corrected chi connectivity index (χ4v) is 2.54. The van der Waals surface area contributed by atoms with Gasteiger partial charge in [0.05, 0.1) is 7.11 Å². The third-order valence-corrected chi connectivity index (χ3v) is 3.67. The first-order valence-electron chi connectivity index (χ1n) is 7.34. The monoisotopic (exact) mass is 290 g/mol. The van der Waals surface area contributed by atoms with Crippen LogP contribution < -0.4 is 5.32 Å². The number of fused-ring (bicyclic) bond motifs is 1. The van der Waals surface area contributed by atoms with Gasteiger partial charge in [0.15, 0.2) is 0 Å². The molecule has 0 fully saturated rings. The minimum absolute atomic E-state index is 0.00148. The van der Waals surface area contributed by atoms with Gasteiger partial charge in [-0.25, -0.2) is 0 Å². The Bertz CT molecular complexity index is 528. The lowest BCUT2D eigenvalue weighted by atomic mass is 9.98. The van der Waals surface area contributed by atoms with E-state index in [4.69, 9.17) is 0 Å². The number of nitrogens with one attached hydrogen (secondary N) is 1. The zero-order valence-electron chi connectivity index (χ0n) is 12.6. The molecule has 0 atom stereocenters. The van der Waals surface area contributed by atoms with Crippen LogP contribution in [0.1, 0.15) is 34.8 Å². The van der Waals surface area contributed by atoms with Gasteiger partial charge in [-0.3, -0.25) is 9.59 Å². The molecule has 2 rings (SSSR count). The van der Waals surface area contributed by atoms with Crippen LogP contribution in [0.4, 0.5) is 0 Å². The number of esters is 1. The molecule has 0 saturated carbocycles. The van der Waals surface area contributed by atoms with Gasteiger partial charge in [0, 0.05) is 18.7 Å². The minimum Gasteiger partial charge on any atom is -0.468 e. The largest absolute Gasteiger partial charge is 0.468 e. The molecular weight excluding hydrogens is 268 g/mol. The minimum atomic E-state index is -0.392. The maximum absolute atomic E-state index is 12.6. The first-order valence-corrected chi connectivity index (χ1v) is 7.34. The van der Waals surface area contributed by atoms with Crippen molar-refractivity contribution < 1.29 is 14.3 Å². The molecule has 0 spiro atoms. The second-order valence-corrected chi connectivity index (χ2v) is 5.21. The summed E-state index contributed by atoms with van der Waals surface area (Å²) in [6.45, 7) is 4.29. The van der Waals surface area contributed by atoms with Crippen LogP contribution in [0.25, 0.3) is 0 Å². The van der Waals surface area contributed by atoms with Crippen molar-refractivity contribution in [3.63, 3.8) is 0 Å². The van der Waals surface area contributed by atoms with E-state index in [1.807, 2.05) is 25.1 Å². The van der Waals surface area contributed by atoms with Gasteiger partial charge in [-0.2, -0.15) is 0 Å². The summed E-state index contributed by atoms with van der Waals surface area (Å²) in [6, 6.07) is 5.81. The molecule has 0 aromatic heterocycles. The third-order valence-electron chi connectivity index (χ3n) is 3.67. The van der Waals surface area contributed by atoms with Gasteiger partial charge in [-0.15, -0.1) is 0 Å². The highest BCUT2D eigenvalue weighted by molar-refractivity contribution is 5.96. The number of methoxy groups -OCH3 is 1. The number of nitrogens with zero attached hydrogens (tertiary/aromatic N) is 1. The van der Waals surface area contributed by atoms with Crippen LogP contribution in [0, 0.1) is 0 Å². The van der Waals surface area contributed by atoms with E-state index in [1.54, 1.807) is 4.90 Å². The Morgan fingerprint density at radius 2 is 2.14 bits per heavy atom. The fraction of sp³-hybridized carbons (Fsp3) is 0.500. The summed E-state index contributed by atoms with van der Waals surface area (Å²) >= 11 is 0. The average molecular weight is 290 g/mol. The normalized spacial score (nSPS) is 13.4. The summed E-state index contributed by atoms with van der Waals surface area (Å²) in [5.74, 6) is -0.507. The number of amides is 1. The predicted octanol–water partition coefficient (Wildman–Crippen LogP) is 1.36. The van der Waals surface area contributed by atoms with Gasteiger partial charge in [0.25, 0.3) is 5.91 Å². The van der Waals surface area contributed by atoms with E-state index in [-0.39, 0.29) is 12.5 Å². The molecule has 5 heteroatoms. The number of hydrogen-bond donors (Lipinski definition) is 1. The van der Waals surface area contributed by atoms with Crippen LogP contribution in [-0.4, -0.2) is 43.5 Å². The molecule has 1 amide bonds. The van der Waals surface area contributed by atoms with Gasteiger partial charge in [-0.1, -0.05) is 13.0 Å². The van der Waals surface area contributed by atoms with Gasteiger partial charge in [0.1, 0.15) is 6.54 Å². The number of benzene rings is 1. The molecule has 5 nitrogen and oxygen atoms in total. The third kappa shape index (κ3) is 3.82. The Morgan fingerprint density at radius 1 is 1.33 bits per heavy atom. The van der Waals surface area contributed by atoms with Crippen LogP contribution in [0.2, 0.25) is 0 Å². The molecule has 1 heterocycles. The Morgan fingerprint density at radius 3 is 2.86 bits per heavy atom. The molecule has 0 aliphatic carbocycles. The molecule has 1 aromatic rings. The Balaban J connectivity index is 2.17. The molecule has 1 aliphatic rings. The van der Waals surface area contributed by atoms with Crippen molar-refractivity contribution in [3.05, 3.63) is 34.9 Å². The second kappa shape index (κ2) is 7.22. The smallest absolute Gasteiger partial charge is 0.325 e. The summed E-state index contributed by atoms with van der Waals surface area (Å²) in [4.78, 5) is 25.6. The summed E-state index contributed by atoms with van der Waals surface area (Å²) in [7, 11) is 1.33. The summed E-state index contributed by atoms with van der Waals surface area (Å²) in [5, 5.41) is 3.30. The number of rotatable bonds is 5. The van der Waals surface area contributed by atoms with Crippen LogP contribution in [-0.2, 0) is 22.5 Å². The van der Waals surface area contributed by atoms with Gasteiger partial charge in [0.2, 0.25) is 0 Å². The van der Waals surface area contributed by atoms with Crippen molar-refractivity contribution in [2.45, 2.75) is 26.3 Å². The van der Waals surface area contributed by atoms with Crippen molar-refractivity contribution in [1.82, 2.24) is 10.2 Å². The molecule has 1 aromatic carbocycles. The molecular formula is C16H22N2O3.